The number of aryl methyl sites for hydroxylation is 1. The first-order chi connectivity index (χ1) is 15.7. The maximum atomic E-state index is 2.50. The van der Waals surface area contributed by atoms with Crippen molar-refractivity contribution >= 4 is 0 Å². The lowest BCUT2D eigenvalue weighted by molar-refractivity contribution is -0.704. The van der Waals surface area contributed by atoms with Crippen LogP contribution in [0, 0.1) is 0 Å². The normalized spacial score (nSPS) is 11.5. The number of hydrogen-bond acceptors (Lipinski definition) is 0. The predicted octanol–water partition coefficient (Wildman–Crippen LogP) is 8.82. The Morgan fingerprint density at radius 1 is 0.688 bits per heavy atom. The molecule has 0 bridgehead atoms. The molecule has 1 aromatic carbocycles. The van der Waals surface area contributed by atoms with Gasteiger partial charge in [0.1, 0.15) is 12.4 Å². The summed E-state index contributed by atoms with van der Waals surface area (Å²) in [5, 5.41) is 0. The molecule has 0 aliphatic carbocycles. The minimum absolute atomic E-state index is 0.510. The summed E-state index contributed by atoms with van der Waals surface area (Å²) in [6, 6.07) is 11.4. The van der Waals surface area contributed by atoms with Crippen LogP contribution in [0.4, 0.5) is 0 Å². The molecule has 0 amide bonds. The minimum Gasteiger partial charge on any atom is -0.234 e. The van der Waals surface area contributed by atoms with E-state index < -0.39 is 0 Å². The number of benzene rings is 1. The van der Waals surface area contributed by atoms with Crippen LogP contribution in [0.25, 0.3) is 0 Å². The Labute approximate surface area is 199 Å². The van der Waals surface area contributed by atoms with Gasteiger partial charge < -0.3 is 0 Å². The third kappa shape index (κ3) is 10.8. The van der Waals surface area contributed by atoms with Crippen LogP contribution in [0.15, 0.2) is 42.7 Å². The molecule has 0 radical (unpaired) electrons. The summed E-state index contributed by atoms with van der Waals surface area (Å²) in [5.41, 5.74) is 1.40. The van der Waals surface area contributed by atoms with E-state index in [2.05, 4.69) is 72.6 Å². The number of unbranched alkanes of at least 4 members (excludes halogenated alkanes) is 14. The highest BCUT2D eigenvalue weighted by atomic mass is 15.2. The van der Waals surface area contributed by atoms with E-state index in [1.54, 1.807) is 0 Å². The van der Waals surface area contributed by atoms with Gasteiger partial charge >= 0.3 is 0 Å². The Morgan fingerprint density at radius 2 is 1.19 bits per heavy atom. The number of nitrogens with zero attached hydrogens (tertiary/aromatic N) is 2. The molecule has 2 aromatic rings. The topological polar surface area (TPSA) is 8.81 Å². The predicted molar refractivity (Wildman–Crippen MR) is 139 cm³/mol. The van der Waals surface area contributed by atoms with E-state index in [9.17, 15) is 0 Å². The number of hydrogen-bond donors (Lipinski definition) is 0. The van der Waals surface area contributed by atoms with E-state index in [1.165, 1.54) is 108 Å². The smallest absolute Gasteiger partial charge is 0.234 e. The summed E-state index contributed by atoms with van der Waals surface area (Å²) in [7, 11) is 0. The van der Waals surface area contributed by atoms with Crippen molar-refractivity contribution in [2.24, 2.45) is 0 Å². The number of rotatable bonds is 19. The average molecular weight is 440 g/mol. The largest absolute Gasteiger partial charge is 0.261 e. The highest BCUT2D eigenvalue weighted by Gasteiger charge is 2.19. The molecule has 1 aromatic heterocycles. The van der Waals surface area contributed by atoms with E-state index >= 15 is 0 Å². The summed E-state index contributed by atoms with van der Waals surface area (Å²) in [4.78, 5) is 0. The van der Waals surface area contributed by atoms with Crippen LogP contribution < -0.4 is 4.57 Å². The van der Waals surface area contributed by atoms with Gasteiger partial charge in [-0.1, -0.05) is 121 Å². The van der Waals surface area contributed by atoms with Gasteiger partial charge in [0.15, 0.2) is 0 Å². The molecule has 2 nitrogen and oxygen atoms in total. The Bertz CT molecular complexity index is 686. The van der Waals surface area contributed by atoms with E-state index in [0.29, 0.717) is 6.04 Å². The molecule has 180 valence electrons. The molecule has 2 heteroatoms. The summed E-state index contributed by atoms with van der Waals surface area (Å²) in [6.07, 6.45) is 27.0. The second kappa shape index (κ2) is 17.0. The highest BCUT2D eigenvalue weighted by Crippen LogP contribution is 2.15. The zero-order valence-electron chi connectivity index (χ0n) is 21.5. The molecule has 0 fully saturated rings. The van der Waals surface area contributed by atoms with Crippen LogP contribution in [0.2, 0.25) is 0 Å². The first kappa shape index (κ1) is 26.7. The SMILES string of the molecule is CCCCCCCCCCCCCCCCC[n+]1ccn(C(C)C)c1Cc1ccccc1. The Kier molecular flexibility index (Phi) is 14.2. The van der Waals surface area contributed by atoms with Gasteiger partial charge in [-0.25, -0.2) is 9.13 Å². The Hall–Kier alpha value is -1.57. The maximum Gasteiger partial charge on any atom is 0.261 e. The first-order valence-electron chi connectivity index (χ1n) is 13.9. The van der Waals surface area contributed by atoms with Crippen LogP contribution in [0.3, 0.4) is 0 Å². The van der Waals surface area contributed by atoms with Gasteiger partial charge in [0, 0.05) is 0 Å². The van der Waals surface area contributed by atoms with Crippen molar-refractivity contribution in [2.45, 2.75) is 136 Å². The molecule has 0 spiro atoms. The van der Waals surface area contributed by atoms with Gasteiger partial charge in [-0.15, -0.1) is 0 Å². The van der Waals surface area contributed by atoms with Gasteiger partial charge in [-0.05, 0) is 32.3 Å². The van der Waals surface area contributed by atoms with Crippen molar-refractivity contribution in [3.63, 3.8) is 0 Å². The molecule has 0 aliphatic rings. The van der Waals surface area contributed by atoms with E-state index in [4.69, 9.17) is 0 Å². The van der Waals surface area contributed by atoms with Crippen molar-refractivity contribution in [3.8, 4) is 0 Å². The molecule has 1 heterocycles. The third-order valence-electron chi connectivity index (χ3n) is 6.80. The monoisotopic (exact) mass is 439 g/mol. The van der Waals surface area contributed by atoms with Crippen LogP contribution >= 0.6 is 0 Å². The third-order valence-corrected chi connectivity index (χ3v) is 6.80. The van der Waals surface area contributed by atoms with Gasteiger partial charge in [0.05, 0.1) is 19.0 Å². The molecule has 0 saturated heterocycles. The van der Waals surface area contributed by atoms with Crippen molar-refractivity contribution in [2.75, 3.05) is 0 Å². The van der Waals surface area contributed by atoms with Gasteiger partial charge in [0.2, 0.25) is 0 Å². The number of imidazole rings is 1. The molecule has 0 unspecified atom stereocenters. The lowest BCUT2D eigenvalue weighted by atomic mass is 10.0. The van der Waals surface area contributed by atoms with E-state index in [0.717, 1.165) is 13.0 Å². The van der Waals surface area contributed by atoms with Crippen LogP contribution in [-0.4, -0.2) is 4.57 Å². The molecule has 0 atom stereocenters. The van der Waals surface area contributed by atoms with E-state index in [-0.39, 0.29) is 0 Å². The fourth-order valence-electron chi connectivity index (χ4n) is 4.77. The van der Waals surface area contributed by atoms with Gasteiger partial charge in [-0.3, -0.25) is 0 Å². The van der Waals surface area contributed by atoms with Gasteiger partial charge in [-0.2, -0.15) is 0 Å². The Balaban J connectivity index is 1.54. The second-order valence-corrected chi connectivity index (χ2v) is 10.0. The molecule has 0 saturated carbocycles. The average Bonchev–Trinajstić information content (AvgIpc) is 3.19. The quantitative estimate of drug-likeness (QED) is 0.153. The van der Waals surface area contributed by atoms with Crippen molar-refractivity contribution in [3.05, 3.63) is 54.1 Å². The van der Waals surface area contributed by atoms with Crippen molar-refractivity contribution < 1.29 is 4.57 Å². The molecular formula is C30H51N2+. The zero-order valence-corrected chi connectivity index (χ0v) is 21.5. The molecule has 32 heavy (non-hydrogen) atoms. The van der Waals surface area contributed by atoms with Crippen LogP contribution in [0.5, 0.6) is 0 Å². The fourth-order valence-corrected chi connectivity index (χ4v) is 4.77. The van der Waals surface area contributed by atoms with Crippen molar-refractivity contribution in [1.82, 2.24) is 4.57 Å². The summed E-state index contributed by atoms with van der Waals surface area (Å²) < 4.78 is 4.94. The molecule has 0 N–H and O–H groups in total. The lowest BCUT2D eigenvalue weighted by Gasteiger charge is -2.08. The zero-order chi connectivity index (χ0) is 22.9. The standard InChI is InChI=1S/C30H51N2/c1-4-5-6-7-8-9-10-11-12-13-14-15-16-17-21-24-31-25-26-32(28(2)3)30(31)27-29-22-19-18-20-23-29/h18-20,22-23,25-26,28H,4-17,21,24,27H2,1-3H3/q+1. The van der Waals surface area contributed by atoms with Crippen LogP contribution in [-0.2, 0) is 13.0 Å². The minimum atomic E-state index is 0.510. The van der Waals surface area contributed by atoms with Crippen LogP contribution in [0.1, 0.15) is 135 Å². The summed E-state index contributed by atoms with van der Waals surface area (Å²) >= 11 is 0. The van der Waals surface area contributed by atoms with Gasteiger partial charge in [0.25, 0.3) is 5.82 Å². The fraction of sp³-hybridized carbons (Fsp3) is 0.700. The molecular weight excluding hydrogens is 388 g/mol. The van der Waals surface area contributed by atoms with Crippen molar-refractivity contribution in [1.29, 1.82) is 0 Å². The lowest BCUT2D eigenvalue weighted by Crippen LogP contribution is -2.37. The number of aromatic nitrogens is 2. The molecule has 0 aliphatic heterocycles. The summed E-state index contributed by atoms with van der Waals surface area (Å²) in [6.45, 7) is 8.02. The molecule has 2 rings (SSSR count). The summed E-state index contributed by atoms with van der Waals surface area (Å²) in [5.74, 6) is 1.44. The highest BCUT2D eigenvalue weighted by molar-refractivity contribution is 5.18. The first-order valence-corrected chi connectivity index (χ1v) is 13.9. The maximum absolute atomic E-state index is 2.50. The van der Waals surface area contributed by atoms with E-state index in [1.807, 2.05) is 0 Å². The second-order valence-electron chi connectivity index (χ2n) is 10.0. The Morgan fingerprint density at radius 3 is 1.69 bits per heavy atom.